The highest BCUT2D eigenvalue weighted by Crippen LogP contribution is 2.38. The molecule has 29 heavy (non-hydrogen) atoms. The lowest BCUT2D eigenvalue weighted by Gasteiger charge is -2.27. The van der Waals surface area contributed by atoms with Crippen LogP contribution in [0.25, 0.3) is 0 Å². The second-order valence-electron chi connectivity index (χ2n) is 7.62. The molecule has 3 N–H and O–H groups in total. The van der Waals surface area contributed by atoms with E-state index in [1.165, 1.54) is 28.2 Å². The van der Waals surface area contributed by atoms with Gasteiger partial charge in [0.05, 0.1) is 18.9 Å². The van der Waals surface area contributed by atoms with Crippen molar-refractivity contribution in [2.24, 2.45) is 0 Å². The lowest BCUT2D eigenvalue weighted by molar-refractivity contribution is -0.892. The number of thiophene rings is 1. The molecule has 0 saturated carbocycles. The van der Waals surface area contributed by atoms with Crippen LogP contribution in [0.4, 0.5) is 10.8 Å². The number of fused-ring (bicyclic) bond motifs is 1. The summed E-state index contributed by atoms with van der Waals surface area (Å²) in [6.45, 7) is 4.03. The van der Waals surface area contributed by atoms with Crippen molar-refractivity contribution in [1.29, 1.82) is 0 Å². The lowest BCUT2D eigenvalue weighted by Crippen LogP contribution is -3.15. The molecule has 3 heterocycles. The number of pyridine rings is 1. The van der Waals surface area contributed by atoms with Crippen molar-refractivity contribution < 1.29 is 24.2 Å². The van der Waals surface area contributed by atoms with Crippen LogP contribution in [0.2, 0.25) is 0 Å². The fourth-order valence-electron chi connectivity index (χ4n) is 4.19. The van der Waals surface area contributed by atoms with Gasteiger partial charge in [-0.25, -0.2) is 9.78 Å². The number of aryl methyl sites for hydroxylation is 1. The molecule has 0 spiro atoms. The summed E-state index contributed by atoms with van der Waals surface area (Å²) >= 11 is 1.54. The van der Waals surface area contributed by atoms with Gasteiger partial charge in [0.2, 0.25) is 0 Å². The van der Waals surface area contributed by atoms with Crippen molar-refractivity contribution >= 4 is 34.0 Å². The van der Waals surface area contributed by atoms with Crippen LogP contribution in [0.15, 0.2) is 24.4 Å². The van der Waals surface area contributed by atoms with E-state index in [4.69, 9.17) is 4.74 Å². The number of H-pyrrole nitrogens is 1. The summed E-state index contributed by atoms with van der Waals surface area (Å²) in [6, 6.07) is 6.07. The van der Waals surface area contributed by atoms with E-state index in [1.54, 1.807) is 0 Å². The maximum atomic E-state index is 12.7. The van der Waals surface area contributed by atoms with E-state index >= 15 is 0 Å². The van der Waals surface area contributed by atoms with Crippen molar-refractivity contribution in [3.05, 3.63) is 40.4 Å². The van der Waals surface area contributed by atoms with Gasteiger partial charge in [0.1, 0.15) is 31.2 Å². The van der Waals surface area contributed by atoms with Gasteiger partial charge in [-0.2, -0.15) is 0 Å². The second-order valence-corrected chi connectivity index (χ2v) is 8.72. The molecule has 1 saturated heterocycles. The van der Waals surface area contributed by atoms with Crippen molar-refractivity contribution in [3.63, 3.8) is 0 Å². The highest BCUT2D eigenvalue weighted by atomic mass is 32.1. The van der Waals surface area contributed by atoms with Crippen molar-refractivity contribution in [3.8, 4) is 0 Å². The quantitative estimate of drug-likeness (QED) is 0.699. The Balaban J connectivity index is 1.37. The van der Waals surface area contributed by atoms with E-state index in [1.807, 2.05) is 18.3 Å². The Morgan fingerprint density at radius 3 is 2.76 bits per heavy atom. The molecule has 1 aliphatic heterocycles. The molecular weight excluding hydrogens is 388 g/mol. The lowest BCUT2D eigenvalue weighted by atomic mass is 9.95. The first kappa shape index (κ1) is 19.8. The number of esters is 1. The van der Waals surface area contributed by atoms with E-state index in [0.29, 0.717) is 17.1 Å². The number of carbonyl (C=O) groups is 2. The number of piperazine rings is 1. The number of ether oxygens (including phenoxy) is 1. The third-order valence-corrected chi connectivity index (χ3v) is 6.94. The fraction of sp³-hybridized carbons (Fsp3) is 0.476. The Morgan fingerprint density at radius 1 is 1.24 bits per heavy atom. The van der Waals surface area contributed by atoms with Gasteiger partial charge in [-0.3, -0.25) is 9.69 Å². The van der Waals surface area contributed by atoms with Gasteiger partial charge in [-0.05, 0) is 37.3 Å². The minimum absolute atomic E-state index is 0.0385. The highest BCUT2D eigenvalue weighted by Gasteiger charge is 2.30. The van der Waals surface area contributed by atoms with Gasteiger partial charge in [0.25, 0.3) is 11.7 Å². The van der Waals surface area contributed by atoms with Crippen LogP contribution in [0.1, 0.15) is 33.6 Å². The zero-order chi connectivity index (χ0) is 20.2. The number of anilines is 2. The van der Waals surface area contributed by atoms with Crippen LogP contribution < -0.4 is 20.1 Å². The largest absolute Gasteiger partial charge is 0.465 e. The molecule has 1 amide bonds. The molecule has 1 fully saturated rings. The standard InChI is InChI=1S/C21H26N4O3S/c1-28-21(27)19-15-6-2-3-7-16(15)29-20(19)23-18(26)14-24-10-12-25(13-11-24)17-8-4-5-9-22-17/h4-5,8-9H,2-3,6-7,10-14H2,1H3,(H,23,26)/p+2. The Bertz CT molecular complexity index is 876. The van der Waals surface area contributed by atoms with Gasteiger partial charge in [-0.1, -0.05) is 6.07 Å². The number of hydrogen-bond acceptors (Lipinski definition) is 5. The third-order valence-electron chi connectivity index (χ3n) is 5.73. The van der Waals surface area contributed by atoms with Crippen LogP contribution in [-0.4, -0.2) is 51.7 Å². The number of amides is 1. The zero-order valence-corrected chi connectivity index (χ0v) is 17.6. The van der Waals surface area contributed by atoms with Gasteiger partial charge in [0, 0.05) is 10.9 Å². The SMILES string of the molecule is COC(=O)c1c(NC(=O)C[NH+]2CCN(c3cccc[nH+]3)CC2)sc2c1CCCC2. The number of carbonyl (C=O) groups excluding carboxylic acids is 2. The number of hydrogen-bond donors (Lipinski definition) is 2. The smallest absolute Gasteiger partial charge is 0.341 e. The van der Waals surface area contributed by atoms with E-state index in [9.17, 15) is 9.59 Å². The summed E-state index contributed by atoms with van der Waals surface area (Å²) in [4.78, 5) is 33.1. The predicted octanol–water partition coefficient (Wildman–Crippen LogP) is 0.571. The fourth-order valence-corrected chi connectivity index (χ4v) is 5.48. The molecule has 4 rings (SSSR count). The number of rotatable bonds is 5. The molecular formula is C21H28N4O3S+2. The summed E-state index contributed by atoms with van der Waals surface area (Å²) in [6.07, 6.45) is 6.00. The number of nitrogens with one attached hydrogen (secondary N) is 3. The van der Waals surface area contributed by atoms with Crippen LogP contribution in [0, 0.1) is 0 Å². The summed E-state index contributed by atoms with van der Waals surface area (Å²) in [5.74, 6) is 0.728. The van der Waals surface area contributed by atoms with Crippen LogP contribution in [0.5, 0.6) is 0 Å². The number of aromatic amines is 1. The van der Waals surface area contributed by atoms with E-state index in [-0.39, 0.29) is 11.9 Å². The highest BCUT2D eigenvalue weighted by molar-refractivity contribution is 7.17. The number of aromatic nitrogens is 1. The maximum Gasteiger partial charge on any atom is 0.341 e. The first-order valence-electron chi connectivity index (χ1n) is 10.2. The molecule has 7 nitrogen and oxygen atoms in total. The van der Waals surface area contributed by atoms with Crippen LogP contribution in [0.3, 0.4) is 0 Å². The Labute approximate surface area is 174 Å². The second kappa shape index (κ2) is 8.92. The van der Waals surface area contributed by atoms with E-state index in [0.717, 1.165) is 63.2 Å². The van der Waals surface area contributed by atoms with Crippen molar-refractivity contribution in [2.45, 2.75) is 25.7 Å². The van der Waals surface area contributed by atoms with Crippen molar-refractivity contribution in [2.75, 3.05) is 50.1 Å². The molecule has 2 aromatic heterocycles. The first-order chi connectivity index (χ1) is 14.2. The normalized spacial score (nSPS) is 16.9. The monoisotopic (exact) mass is 416 g/mol. The van der Waals surface area contributed by atoms with Gasteiger partial charge < -0.3 is 15.0 Å². The molecule has 0 radical (unpaired) electrons. The van der Waals surface area contributed by atoms with Gasteiger partial charge in [-0.15, -0.1) is 11.3 Å². The molecule has 1 aliphatic carbocycles. The molecule has 0 bridgehead atoms. The van der Waals surface area contributed by atoms with Crippen LogP contribution in [-0.2, 0) is 22.4 Å². The molecule has 154 valence electrons. The number of methoxy groups -OCH3 is 1. The molecule has 0 atom stereocenters. The van der Waals surface area contributed by atoms with Gasteiger partial charge >= 0.3 is 5.97 Å². The summed E-state index contributed by atoms with van der Waals surface area (Å²) in [7, 11) is 1.40. The minimum Gasteiger partial charge on any atom is -0.465 e. The molecule has 2 aromatic rings. The molecule has 0 aromatic carbocycles. The van der Waals surface area contributed by atoms with Crippen LogP contribution >= 0.6 is 11.3 Å². The van der Waals surface area contributed by atoms with Crippen molar-refractivity contribution in [1.82, 2.24) is 0 Å². The number of quaternary nitrogens is 1. The third kappa shape index (κ3) is 4.43. The average molecular weight is 417 g/mol. The van der Waals surface area contributed by atoms with E-state index < -0.39 is 0 Å². The average Bonchev–Trinajstić information content (AvgIpc) is 3.12. The minimum atomic E-state index is -0.347. The zero-order valence-electron chi connectivity index (χ0n) is 16.8. The Hall–Kier alpha value is -2.45. The van der Waals surface area contributed by atoms with E-state index in [2.05, 4.69) is 21.3 Å². The predicted molar refractivity (Wildman–Crippen MR) is 112 cm³/mol. The molecule has 2 aliphatic rings. The number of nitrogens with zero attached hydrogens (tertiary/aromatic N) is 1. The Morgan fingerprint density at radius 2 is 2.03 bits per heavy atom. The molecule has 8 heteroatoms. The first-order valence-corrected chi connectivity index (χ1v) is 11.1. The summed E-state index contributed by atoms with van der Waals surface area (Å²) in [5.41, 5.74) is 1.64. The summed E-state index contributed by atoms with van der Waals surface area (Å²) < 4.78 is 4.99. The maximum absolute atomic E-state index is 12.7. The summed E-state index contributed by atoms with van der Waals surface area (Å²) in [5, 5.41) is 3.67. The van der Waals surface area contributed by atoms with Gasteiger partial charge in [0.15, 0.2) is 6.54 Å². The topological polar surface area (TPSA) is 77.2 Å². The Kier molecular flexibility index (Phi) is 6.10. The molecule has 0 unspecified atom stereocenters.